The molecule has 1 rings (SSSR count). The van der Waals surface area contributed by atoms with E-state index in [0.29, 0.717) is 19.5 Å². The molecular weight excluding hydrogens is 131 g/mol. The van der Waals surface area contributed by atoms with E-state index in [1.54, 1.807) is 0 Å². The Bertz CT molecular complexity index is 78.0. The summed E-state index contributed by atoms with van der Waals surface area (Å²) in [4.78, 5) is 0. The molecule has 3 N–H and O–H groups in total. The second-order valence-electron chi connectivity index (χ2n) is 2.17. The molecule has 62 valence electrons. The van der Waals surface area contributed by atoms with Crippen LogP contribution in [0.4, 0.5) is 4.39 Å². The Kier molecular flexibility index (Phi) is 5.54. The SMILES string of the molecule is CC.NCC1CC(F)CN1. The van der Waals surface area contributed by atoms with Crippen molar-refractivity contribution in [2.75, 3.05) is 13.1 Å². The third-order valence-electron chi connectivity index (χ3n) is 1.45. The zero-order valence-electron chi connectivity index (χ0n) is 6.73. The van der Waals surface area contributed by atoms with Gasteiger partial charge in [-0.25, -0.2) is 4.39 Å². The highest BCUT2D eigenvalue weighted by atomic mass is 19.1. The number of nitrogens with one attached hydrogen (secondary N) is 1. The van der Waals surface area contributed by atoms with Crippen molar-refractivity contribution in [3.63, 3.8) is 0 Å². The summed E-state index contributed by atoms with van der Waals surface area (Å²) in [5, 5.41) is 2.96. The maximum Gasteiger partial charge on any atom is 0.114 e. The van der Waals surface area contributed by atoms with Gasteiger partial charge in [0.15, 0.2) is 0 Å². The van der Waals surface area contributed by atoms with Crippen molar-refractivity contribution in [2.45, 2.75) is 32.5 Å². The minimum absolute atomic E-state index is 0.227. The van der Waals surface area contributed by atoms with E-state index in [2.05, 4.69) is 5.32 Å². The Morgan fingerprint density at radius 2 is 2.20 bits per heavy atom. The fourth-order valence-electron chi connectivity index (χ4n) is 0.949. The first-order valence-corrected chi connectivity index (χ1v) is 3.90. The van der Waals surface area contributed by atoms with E-state index in [1.807, 2.05) is 13.8 Å². The second-order valence-corrected chi connectivity index (χ2v) is 2.17. The zero-order valence-corrected chi connectivity index (χ0v) is 6.73. The van der Waals surface area contributed by atoms with E-state index in [1.165, 1.54) is 0 Å². The third kappa shape index (κ3) is 3.13. The van der Waals surface area contributed by atoms with Crippen molar-refractivity contribution in [1.29, 1.82) is 0 Å². The lowest BCUT2D eigenvalue weighted by Crippen LogP contribution is -2.29. The maximum atomic E-state index is 12.2. The maximum absolute atomic E-state index is 12.2. The first-order chi connectivity index (χ1) is 4.83. The molecule has 0 spiro atoms. The van der Waals surface area contributed by atoms with Crippen LogP contribution in [0.1, 0.15) is 20.3 Å². The summed E-state index contributed by atoms with van der Waals surface area (Å²) in [6.45, 7) is 5.04. The van der Waals surface area contributed by atoms with Crippen molar-refractivity contribution >= 4 is 0 Å². The van der Waals surface area contributed by atoms with Gasteiger partial charge in [-0.3, -0.25) is 0 Å². The van der Waals surface area contributed by atoms with Crippen LogP contribution < -0.4 is 11.1 Å². The van der Waals surface area contributed by atoms with Gasteiger partial charge >= 0.3 is 0 Å². The van der Waals surface area contributed by atoms with Gasteiger partial charge in [0.25, 0.3) is 0 Å². The molecule has 0 aromatic carbocycles. The van der Waals surface area contributed by atoms with Crippen LogP contribution in [0.3, 0.4) is 0 Å². The Labute approximate surface area is 62.0 Å². The van der Waals surface area contributed by atoms with Gasteiger partial charge < -0.3 is 11.1 Å². The standard InChI is InChI=1S/C5H11FN2.C2H6/c6-4-1-5(2-7)8-3-4;1-2/h4-5,8H,1-3,7H2;1-2H3. The smallest absolute Gasteiger partial charge is 0.114 e. The van der Waals surface area contributed by atoms with Gasteiger partial charge in [0.1, 0.15) is 6.17 Å². The van der Waals surface area contributed by atoms with E-state index in [9.17, 15) is 4.39 Å². The van der Waals surface area contributed by atoms with Crippen molar-refractivity contribution in [2.24, 2.45) is 5.73 Å². The van der Waals surface area contributed by atoms with Crippen molar-refractivity contribution in [3.05, 3.63) is 0 Å². The summed E-state index contributed by atoms with van der Waals surface area (Å²) in [6, 6.07) is 0.227. The average Bonchev–Trinajstić information content (AvgIpc) is 2.40. The second kappa shape index (κ2) is 5.62. The number of halogens is 1. The molecule has 2 nitrogen and oxygen atoms in total. The summed E-state index contributed by atoms with van der Waals surface area (Å²) in [5.74, 6) is 0. The first kappa shape index (κ1) is 9.85. The minimum atomic E-state index is -0.663. The quantitative estimate of drug-likeness (QED) is 0.573. The predicted octanol–water partition coefficient (Wildman–Crippen LogP) is 0.671. The number of hydrogen-bond acceptors (Lipinski definition) is 2. The molecule has 0 bridgehead atoms. The summed E-state index contributed by atoms with van der Waals surface area (Å²) < 4.78 is 12.2. The van der Waals surface area contributed by atoms with Gasteiger partial charge in [0, 0.05) is 19.1 Å². The van der Waals surface area contributed by atoms with Crippen molar-refractivity contribution < 1.29 is 4.39 Å². The van der Waals surface area contributed by atoms with Gasteiger partial charge in [0.2, 0.25) is 0 Å². The lowest BCUT2D eigenvalue weighted by Gasteiger charge is -2.02. The van der Waals surface area contributed by atoms with Crippen LogP contribution in [0.5, 0.6) is 0 Å². The highest BCUT2D eigenvalue weighted by Gasteiger charge is 2.21. The van der Waals surface area contributed by atoms with Gasteiger partial charge in [-0.15, -0.1) is 0 Å². The Hall–Kier alpha value is -0.150. The Morgan fingerprint density at radius 3 is 2.40 bits per heavy atom. The molecule has 0 saturated carbocycles. The molecule has 1 aliphatic rings. The van der Waals surface area contributed by atoms with Crippen LogP contribution >= 0.6 is 0 Å². The largest absolute Gasteiger partial charge is 0.329 e. The van der Waals surface area contributed by atoms with E-state index >= 15 is 0 Å². The topological polar surface area (TPSA) is 38.0 Å². The molecular formula is C7H17FN2. The van der Waals surface area contributed by atoms with Crippen LogP contribution in [-0.2, 0) is 0 Å². The molecule has 0 aromatic rings. The lowest BCUT2D eigenvalue weighted by atomic mass is 10.2. The predicted molar refractivity (Wildman–Crippen MR) is 41.7 cm³/mol. The zero-order chi connectivity index (χ0) is 7.98. The van der Waals surface area contributed by atoms with Gasteiger partial charge in [0.05, 0.1) is 0 Å². The molecule has 1 heterocycles. The van der Waals surface area contributed by atoms with E-state index in [0.717, 1.165) is 0 Å². The molecule has 2 atom stereocenters. The van der Waals surface area contributed by atoms with Gasteiger partial charge in [-0.1, -0.05) is 13.8 Å². The van der Waals surface area contributed by atoms with Crippen LogP contribution in [0.2, 0.25) is 0 Å². The third-order valence-corrected chi connectivity index (χ3v) is 1.45. The number of rotatable bonds is 1. The highest BCUT2D eigenvalue weighted by molar-refractivity contribution is 4.81. The summed E-state index contributed by atoms with van der Waals surface area (Å²) in [7, 11) is 0. The molecule has 0 amide bonds. The van der Waals surface area contributed by atoms with Crippen LogP contribution in [0.15, 0.2) is 0 Å². The molecule has 1 fully saturated rings. The summed E-state index contributed by atoms with van der Waals surface area (Å²) in [5.41, 5.74) is 5.27. The Balaban J connectivity index is 0.000000371. The van der Waals surface area contributed by atoms with Crippen molar-refractivity contribution in [3.8, 4) is 0 Å². The number of alkyl halides is 1. The summed E-state index contributed by atoms with van der Waals surface area (Å²) in [6.07, 6.45) is -0.0696. The first-order valence-electron chi connectivity index (χ1n) is 3.90. The normalized spacial score (nSPS) is 31.2. The number of hydrogen-bond donors (Lipinski definition) is 2. The van der Waals surface area contributed by atoms with Crippen LogP contribution in [-0.4, -0.2) is 25.3 Å². The fourth-order valence-corrected chi connectivity index (χ4v) is 0.949. The number of nitrogens with two attached hydrogens (primary N) is 1. The molecule has 10 heavy (non-hydrogen) atoms. The molecule has 0 radical (unpaired) electrons. The molecule has 0 aromatic heterocycles. The highest BCUT2D eigenvalue weighted by Crippen LogP contribution is 2.07. The van der Waals surface area contributed by atoms with E-state index in [4.69, 9.17) is 5.73 Å². The molecule has 1 aliphatic heterocycles. The molecule has 2 unspecified atom stereocenters. The van der Waals surface area contributed by atoms with Gasteiger partial charge in [-0.05, 0) is 6.42 Å². The van der Waals surface area contributed by atoms with Crippen LogP contribution in [0, 0.1) is 0 Å². The van der Waals surface area contributed by atoms with Crippen LogP contribution in [0.25, 0.3) is 0 Å². The minimum Gasteiger partial charge on any atom is -0.329 e. The monoisotopic (exact) mass is 148 g/mol. The molecule has 0 aliphatic carbocycles. The van der Waals surface area contributed by atoms with Crippen molar-refractivity contribution in [1.82, 2.24) is 5.32 Å². The Morgan fingerprint density at radius 1 is 1.60 bits per heavy atom. The van der Waals surface area contributed by atoms with E-state index < -0.39 is 6.17 Å². The average molecular weight is 148 g/mol. The fraction of sp³-hybridized carbons (Fsp3) is 1.00. The van der Waals surface area contributed by atoms with Gasteiger partial charge in [-0.2, -0.15) is 0 Å². The summed E-state index contributed by atoms with van der Waals surface area (Å²) >= 11 is 0. The van der Waals surface area contributed by atoms with E-state index in [-0.39, 0.29) is 6.04 Å². The molecule has 1 saturated heterocycles. The molecule has 3 heteroatoms. The lowest BCUT2D eigenvalue weighted by molar-refractivity contribution is 0.355.